The fourth-order valence-electron chi connectivity index (χ4n) is 2.33. The van der Waals surface area contributed by atoms with Crippen LogP contribution in [0.2, 0.25) is 0 Å². The summed E-state index contributed by atoms with van der Waals surface area (Å²) in [4.78, 5) is 11.8. The van der Waals surface area contributed by atoms with Gasteiger partial charge in [-0.05, 0) is 49.1 Å². The summed E-state index contributed by atoms with van der Waals surface area (Å²) < 4.78 is 0. The molecule has 0 radical (unpaired) electrons. The number of carboxylic acid groups (broad SMARTS) is 1. The van der Waals surface area contributed by atoms with Gasteiger partial charge >= 0.3 is 5.97 Å². The van der Waals surface area contributed by atoms with Crippen molar-refractivity contribution in [3.63, 3.8) is 0 Å². The molecule has 0 aliphatic heterocycles. The van der Waals surface area contributed by atoms with Crippen molar-refractivity contribution in [1.29, 1.82) is 0 Å². The van der Waals surface area contributed by atoms with E-state index in [1.54, 1.807) is 6.92 Å². The van der Waals surface area contributed by atoms with Crippen molar-refractivity contribution in [2.45, 2.75) is 32.7 Å². The van der Waals surface area contributed by atoms with Crippen LogP contribution < -0.4 is 5.32 Å². The van der Waals surface area contributed by atoms with Crippen LogP contribution in [-0.4, -0.2) is 11.1 Å². The number of carboxylic acids is 1. The third-order valence-electron chi connectivity index (χ3n) is 3.78. The summed E-state index contributed by atoms with van der Waals surface area (Å²) in [5.74, 6) is -0.895. The molecule has 2 rings (SSSR count). The Balaban J connectivity index is 2.37. The fourth-order valence-corrected chi connectivity index (χ4v) is 2.33. The molecule has 1 atom stereocenters. The lowest BCUT2D eigenvalue weighted by molar-refractivity contribution is -0.142. The highest BCUT2D eigenvalue weighted by molar-refractivity contribution is 5.84. The van der Waals surface area contributed by atoms with Crippen LogP contribution in [0.15, 0.2) is 48.5 Å². The van der Waals surface area contributed by atoms with Crippen molar-refractivity contribution in [2.75, 3.05) is 5.32 Å². The molecule has 2 aromatic rings. The maximum absolute atomic E-state index is 11.8. The Kier molecular flexibility index (Phi) is 4.32. The molecule has 0 spiro atoms. The van der Waals surface area contributed by atoms with E-state index in [1.807, 2.05) is 55.5 Å². The molecule has 0 aliphatic carbocycles. The van der Waals surface area contributed by atoms with Crippen LogP contribution in [0, 0.1) is 6.92 Å². The number of anilines is 1. The second kappa shape index (κ2) is 6.00. The van der Waals surface area contributed by atoms with Gasteiger partial charge in [-0.15, -0.1) is 0 Å². The summed E-state index contributed by atoms with van der Waals surface area (Å²) in [5, 5.41) is 12.8. The van der Waals surface area contributed by atoms with Gasteiger partial charge in [0, 0.05) is 5.69 Å². The van der Waals surface area contributed by atoms with E-state index in [9.17, 15) is 9.90 Å². The van der Waals surface area contributed by atoms with E-state index in [4.69, 9.17) is 0 Å². The molecule has 0 aliphatic rings. The van der Waals surface area contributed by atoms with Crippen molar-refractivity contribution in [2.24, 2.45) is 0 Å². The van der Waals surface area contributed by atoms with Gasteiger partial charge in [-0.3, -0.25) is 0 Å². The van der Waals surface area contributed by atoms with E-state index in [0.717, 1.165) is 23.2 Å². The molecule has 0 aromatic heterocycles. The van der Waals surface area contributed by atoms with Crippen LogP contribution >= 0.6 is 0 Å². The molecule has 0 saturated heterocycles. The first-order chi connectivity index (χ1) is 9.95. The van der Waals surface area contributed by atoms with Crippen LogP contribution in [0.3, 0.4) is 0 Å². The van der Waals surface area contributed by atoms with E-state index < -0.39 is 11.5 Å². The van der Waals surface area contributed by atoms with E-state index in [-0.39, 0.29) is 0 Å². The highest BCUT2D eigenvalue weighted by Crippen LogP contribution is 2.27. The molecule has 21 heavy (non-hydrogen) atoms. The average molecular weight is 283 g/mol. The van der Waals surface area contributed by atoms with Gasteiger partial charge in [0.2, 0.25) is 0 Å². The molecular formula is C18H21NO2. The van der Waals surface area contributed by atoms with Crippen molar-refractivity contribution < 1.29 is 9.90 Å². The minimum Gasteiger partial charge on any atom is -0.479 e. The van der Waals surface area contributed by atoms with Crippen LogP contribution in [0.4, 0.5) is 5.69 Å². The zero-order valence-corrected chi connectivity index (χ0v) is 12.7. The second-order valence-corrected chi connectivity index (χ2v) is 5.48. The van der Waals surface area contributed by atoms with Gasteiger partial charge in [-0.1, -0.05) is 43.3 Å². The van der Waals surface area contributed by atoms with Crippen LogP contribution in [-0.2, 0) is 16.8 Å². The number of aliphatic carboxylic acids is 1. The first kappa shape index (κ1) is 15.1. The summed E-state index contributed by atoms with van der Waals surface area (Å²) >= 11 is 0. The predicted octanol–water partition coefficient (Wildman–Crippen LogP) is 3.97. The first-order valence-electron chi connectivity index (χ1n) is 7.13. The van der Waals surface area contributed by atoms with Gasteiger partial charge in [0.25, 0.3) is 0 Å². The number of aryl methyl sites for hydroxylation is 2. The van der Waals surface area contributed by atoms with Gasteiger partial charge in [0.1, 0.15) is 0 Å². The van der Waals surface area contributed by atoms with Crippen LogP contribution in [0.25, 0.3) is 0 Å². The summed E-state index contributed by atoms with van der Waals surface area (Å²) in [7, 11) is 0. The lowest BCUT2D eigenvalue weighted by atomic mass is 9.90. The number of hydrogen-bond donors (Lipinski definition) is 2. The number of hydrogen-bond acceptors (Lipinski definition) is 2. The van der Waals surface area contributed by atoms with E-state index in [1.165, 1.54) is 5.56 Å². The third-order valence-corrected chi connectivity index (χ3v) is 3.78. The lowest BCUT2D eigenvalue weighted by Gasteiger charge is -2.28. The molecule has 0 amide bonds. The Labute approximate surface area is 125 Å². The Hall–Kier alpha value is -2.29. The van der Waals surface area contributed by atoms with Crippen molar-refractivity contribution in [1.82, 2.24) is 0 Å². The first-order valence-corrected chi connectivity index (χ1v) is 7.13. The molecular weight excluding hydrogens is 262 g/mol. The monoisotopic (exact) mass is 283 g/mol. The van der Waals surface area contributed by atoms with E-state index in [2.05, 4.69) is 12.2 Å². The molecule has 3 nitrogen and oxygen atoms in total. The predicted molar refractivity (Wildman–Crippen MR) is 85.6 cm³/mol. The largest absolute Gasteiger partial charge is 0.479 e. The minimum absolute atomic E-state index is 0.744. The number of benzene rings is 2. The normalized spacial score (nSPS) is 13.5. The lowest BCUT2D eigenvalue weighted by Crippen LogP contribution is -2.40. The second-order valence-electron chi connectivity index (χ2n) is 5.48. The fraction of sp³-hybridized carbons (Fsp3) is 0.278. The summed E-state index contributed by atoms with van der Waals surface area (Å²) in [6, 6.07) is 15.5. The topological polar surface area (TPSA) is 49.3 Å². The quantitative estimate of drug-likeness (QED) is 0.873. The Morgan fingerprint density at radius 1 is 1.19 bits per heavy atom. The molecule has 0 bridgehead atoms. The van der Waals surface area contributed by atoms with Gasteiger partial charge in [0.05, 0.1) is 0 Å². The van der Waals surface area contributed by atoms with E-state index >= 15 is 0 Å². The Morgan fingerprint density at radius 3 is 2.38 bits per heavy atom. The Morgan fingerprint density at radius 2 is 1.86 bits per heavy atom. The maximum atomic E-state index is 11.8. The molecule has 2 aromatic carbocycles. The molecule has 3 heteroatoms. The van der Waals surface area contributed by atoms with Gasteiger partial charge in [-0.25, -0.2) is 4.79 Å². The number of carbonyl (C=O) groups is 1. The SMILES string of the molecule is CCc1ccc(C(C)(Nc2cccc(C)c2)C(=O)O)cc1. The summed E-state index contributed by atoms with van der Waals surface area (Å²) in [5.41, 5.74) is 2.68. The van der Waals surface area contributed by atoms with Crippen LogP contribution in [0.5, 0.6) is 0 Å². The van der Waals surface area contributed by atoms with Gasteiger partial charge in [0.15, 0.2) is 5.54 Å². The molecule has 0 heterocycles. The molecule has 2 N–H and O–H groups in total. The smallest absolute Gasteiger partial charge is 0.333 e. The number of rotatable bonds is 5. The van der Waals surface area contributed by atoms with E-state index in [0.29, 0.717) is 0 Å². The molecule has 1 unspecified atom stereocenters. The van der Waals surface area contributed by atoms with Crippen molar-refractivity contribution in [3.8, 4) is 0 Å². The van der Waals surface area contributed by atoms with Gasteiger partial charge in [-0.2, -0.15) is 0 Å². The molecule has 110 valence electrons. The summed E-state index contributed by atoms with van der Waals surface area (Å²) in [6.45, 7) is 5.76. The average Bonchev–Trinajstić information content (AvgIpc) is 2.47. The van der Waals surface area contributed by atoms with Gasteiger partial charge < -0.3 is 10.4 Å². The standard InChI is InChI=1S/C18H21NO2/c1-4-14-8-10-15(11-9-14)18(3,17(20)21)19-16-7-5-6-13(2)12-16/h5-12,19H,4H2,1-3H3,(H,20,21). The zero-order valence-electron chi connectivity index (χ0n) is 12.7. The molecule has 0 fully saturated rings. The summed E-state index contributed by atoms with van der Waals surface area (Å²) in [6.07, 6.45) is 0.940. The number of nitrogens with one attached hydrogen (secondary N) is 1. The maximum Gasteiger partial charge on any atom is 0.333 e. The third kappa shape index (κ3) is 3.24. The van der Waals surface area contributed by atoms with Crippen molar-refractivity contribution in [3.05, 3.63) is 65.2 Å². The Bertz CT molecular complexity index is 634. The zero-order chi connectivity index (χ0) is 15.5. The molecule has 0 saturated carbocycles. The van der Waals surface area contributed by atoms with Crippen molar-refractivity contribution >= 4 is 11.7 Å². The highest BCUT2D eigenvalue weighted by atomic mass is 16.4. The highest BCUT2D eigenvalue weighted by Gasteiger charge is 2.35. The minimum atomic E-state index is -1.15. The van der Waals surface area contributed by atoms with Crippen LogP contribution in [0.1, 0.15) is 30.5 Å².